The summed E-state index contributed by atoms with van der Waals surface area (Å²) in [5, 5.41) is 3.29. The third-order valence-electron chi connectivity index (χ3n) is 8.54. The minimum atomic E-state index is -4.06. The van der Waals surface area contributed by atoms with E-state index in [9.17, 15) is 13.2 Å². The average molecular weight is 627 g/mol. The number of amides is 1. The lowest BCUT2D eigenvalue weighted by atomic mass is 9.94. The van der Waals surface area contributed by atoms with Gasteiger partial charge in [-0.1, -0.05) is 84.9 Å². The molecule has 1 aliphatic rings. The molecular formula is C37H42N2O5S. The first-order valence-corrected chi connectivity index (χ1v) is 17.0. The van der Waals surface area contributed by atoms with Crippen molar-refractivity contribution >= 4 is 15.9 Å². The number of aryl methyl sites for hydroxylation is 2. The van der Waals surface area contributed by atoms with E-state index in [1.807, 2.05) is 60.7 Å². The van der Waals surface area contributed by atoms with Gasteiger partial charge in [-0.15, -0.1) is 0 Å². The van der Waals surface area contributed by atoms with Gasteiger partial charge in [0.05, 0.1) is 19.1 Å². The molecule has 0 bridgehead atoms. The third kappa shape index (κ3) is 8.12. The summed E-state index contributed by atoms with van der Waals surface area (Å²) in [6, 6.07) is 32.0. The molecule has 1 N–H and O–H groups in total. The topological polar surface area (TPSA) is 84.9 Å². The van der Waals surface area contributed by atoms with Gasteiger partial charge in [-0.05, 0) is 79.3 Å². The number of carbonyl (C=O) groups excluding carboxylic acids is 1. The Morgan fingerprint density at radius 1 is 0.778 bits per heavy atom. The predicted molar refractivity (Wildman–Crippen MR) is 177 cm³/mol. The van der Waals surface area contributed by atoms with Gasteiger partial charge in [0.2, 0.25) is 15.9 Å². The van der Waals surface area contributed by atoms with Gasteiger partial charge >= 0.3 is 0 Å². The molecule has 0 spiro atoms. The van der Waals surface area contributed by atoms with Gasteiger partial charge in [0, 0.05) is 18.7 Å². The molecule has 1 atom stereocenters. The van der Waals surface area contributed by atoms with E-state index < -0.39 is 16.1 Å². The van der Waals surface area contributed by atoms with Crippen molar-refractivity contribution in [3.05, 3.63) is 125 Å². The number of ether oxygens (including phenoxy) is 2. The number of sulfonamides is 1. The molecule has 0 radical (unpaired) electrons. The summed E-state index contributed by atoms with van der Waals surface area (Å²) in [5.74, 6) is 0.482. The van der Waals surface area contributed by atoms with Crippen molar-refractivity contribution in [1.29, 1.82) is 0 Å². The van der Waals surface area contributed by atoms with Crippen molar-refractivity contribution < 1.29 is 22.7 Å². The van der Waals surface area contributed by atoms with E-state index in [1.165, 1.54) is 41.8 Å². The number of carbonyl (C=O) groups is 1. The zero-order valence-corrected chi connectivity index (χ0v) is 26.8. The number of benzene rings is 4. The Kier molecular flexibility index (Phi) is 10.9. The first kappa shape index (κ1) is 32.3. The summed E-state index contributed by atoms with van der Waals surface area (Å²) in [6.45, 7) is 0.109. The SMILES string of the molecule is COc1ccc(S(=O)(=O)N2Cc3ccccc3C[C@H]2C(=O)NC(CCCc2ccccc2)CCCc2ccccc2)cc1OC. The number of nitrogens with one attached hydrogen (secondary N) is 1. The molecule has 0 saturated heterocycles. The second-order valence-electron chi connectivity index (χ2n) is 11.5. The molecule has 0 unspecified atom stereocenters. The number of rotatable bonds is 14. The second kappa shape index (κ2) is 15.2. The van der Waals surface area contributed by atoms with Crippen LogP contribution in [0.5, 0.6) is 11.5 Å². The van der Waals surface area contributed by atoms with E-state index in [2.05, 4.69) is 29.6 Å². The maximum Gasteiger partial charge on any atom is 0.244 e. The minimum Gasteiger partial charge on any atom is -0.493 e. The van der Waals surface area contributed by atoms with Crippen LogP contribution in [-0.2, 0) is 40.6 Å². The van der Waals surface area contributed by atoms with Crippen molar-refractivity contribution in [2.75, 3.05) is 14.2 Å². The van der Waals surface area contributed by atoms with Gasteiger partial charge in [0.1, 0.15) is 6.04 Å². The average Bonchev–Trinajstić information content (AvgIpc) is 3.08. The Hall–Kier alpha value is -4.14. The lowest BCUT2D eigenvalue weighted by molar-refractivity contribution is -0.126. The lowest BCUT2D eigenvalue weighted by Crippen LogP contribution is -2.54. The van der Waals surface area contributed by atoms with Gasteiger partial charge in [-0.2, -0.15) is 4.31 Å². The van der Waals surface area contributed by atoms with Crippen LogP contribution in [0.15, 0.2) is 108 Å². The molecule has 8 heteroatoms. The summed E-state index contributed by atoms with van der Waals surface area (Å²) < 4.78 is 40.4. The highest BCUT2D eigenvalue weighted by molar-refractivity contribution is 7.89. The van der Waals surface area contributed by atoms with Gasteiger partial charge in [0.15, 0.2) is 11.5 Å². The monoisotopic (exact) mass is 626 g/mol. The van der Waals surface area contributed by atoms with Crippen LogP contribution >= 0.6 is 0 Å². The maximum atomic E-state index is 14.2. The van der Waals surface area contributed by atoms with E-state index in [0.29, 0.717) is 17.9 Å². The van der Waals surface area contributed by atoms with Crippen LogP contribution in [0.2, 0.25) is 0 Å². The Balaban J connectivity index is 1.37. The summed E-state index contributed by atoms with van der Waals surface area (Å²) >= 11 is 0. The van der Waals surface area contributed by atoms with E-state index in [-0.39, 0.29) is 23.4 Å². The molecule has 0 fully saturated rings. The highest BCUT2D eigenvalue weighted by atomic mass is 32.2. The van der Waals surface area contributed by atoms with Crippen LogP contribution in [0.25, 0.3) is 0 Å². The molecule has 0 saturated carbocycles. The zero-order valence-electron chi connectivity index (χ0n) is 26.0. The molecule has 0 aromatic heterocycles. The third-order valence-corrected chi connectivity index (χ3v) is 10.4. The first-order chi connectivity index (χ1) is 21.9. The van der Waals surface area contributed by atoms with E-state index in [1.54, 1.807) is 6.07 Å². The predicted octanol–water partition coefficient (Wildman–Crippen LogP) is 6.35. The number of hydrogen-bond donors (Lipinski definition) is 1. The number of fused-ring (bicyclic) bond motifs is 1. The number of methoxy groups -OCH3 is 2. The molecule has 5 rings (SSSR count). The Bertz CT molecular complexity index is 1620. The van der Waals surface area contributed by atoms with Gasteiger partial charge in [-0.3, -0.25) is 4.79 Å². The van der Waals surface area contributed by atoms with E-state index in [4.69, 9.17) is 9.47 Å². The number of nitrogens with zero attached hydrogens (tertiary/aromatic N) is 1. The Morgan fingerprint density at radius 3 is 1.91 bits per heavy atom. The van der Waals surface area contributed by atoms with Crippen molar-refractivity contribution in [3.8, 4) is 11.5 Å². The van der Waals surface area contributed by atoms with Crippen LogP contribution in [0.3, 0.4) is 0 Å². The highest BCUT2D eigenvalue weighted by Crippen LogP contribution is 2.34. The van der Waals surface area contributed by atoms with Gasteiger partial charge in [0.25, 0.3) is 0 Å². The van der Waals surface area contributed by atoms with Crippen molar-refractivity contribution in [2.45, 2.75) is 68.5 Å². The standard InChI is InChI=1S/C37H42N2O5S/c1-43-35-24-23-33(26-36(35)44-2)45(41,42)39-27-31-20-10-9-19-30(31)25-34(39)37(40)38-32(21-11-17-28-13-5-3-6-14-28)22-12-18-29-15-7-4-8-16-29/h3-10,13-16,19-20,23-24,26,32,34H,11-12,17-18,21-22,25,27H2,1-2H3,(H,38,40)/t34-/m0/s1. The molecule has 4 aromatic carbocycles. The van der Waals surface area contributed by atoms with Gasteiger partial charge < -0.3 is 14.8 Å². The molecule has 1 amide bonds. The van der Waals surface area contributed by atoms with E-state index in [0.717, 1.165) is 49.7 Å². The van der Waals surface area contributed by atoms with Crippen LogP contribution in [0.4, 0.5) is 0 Å². The fourth-order valence-electron chi connectivity index (χ4n) is 6.07. The summed E-state index contributed by atoms with van der Waals surface area (Å²) in [6.07, 6.45) is 5.59. The minimum absolute atomic E-state index is 0.0552. The van der Waals surface area contributed by atoms with Crippen molar-refractivity contribution in [3.63, 3.8) is 0 Å². The zero-order chi connectivity index (χ0) is 31.6. The fourth-order valence-corrected chi connectivity index (χ4v) is 7.65. The molecular weight excluding hydrogens is 584 g/mol. The van der Waals surface area contributed by atoms with Crippen molar-refractivity contribution in [2.24, 2.45) is 0 Å². The van der Waals surface area contributed by atoms with E-state index >= 15 is 0 Å². The van der Waals surface area contributed by atoms with Crippen LogP contribution in [0.1, 0.15) is 47.9 Å². The van der Waals surface area contributed by atoms with Crippen molar-refractivity contribution in [1.82, 2.24) is 9.62 Å². The molecule has 4 aromatic rings. The Labute approximate surface area is 267 Å². The first-order valence-electron chi connectivity index (χ1n) is 15.6. The molecule has 236 valence electrons. The molecule has 1 heterocycles. The van der Waals surface area contributed by atoms with Gasteiger partial charge in [-0.25, -0.2) is 8.42 Å². The molecule has 1 aliphatic heterocycles. The summed E-state index contributed by atoms with van der Waals surface area (Å²) in [4.78, 5) is 14.2. The van der Waals surface area contributed by atoms with Crippen LogP contribution in [0, 0.1) is 0 Å². The Morgan fingerprint density at radius 2 is 1.33 bits per heavy atom. The summed E-state index contributed by atoms with van der Waals surface area (Å²) in [7, 11) is -1.09. The second-order valence-corrected chi connectivity index (χ2v) is 13.4. The highest BCUT2D eigenvalue weighted by Gasteiger charge is 2.40. The largest absolute Gasteiger partial charge is 0.493 e. The molecule has 0 aliphatic carbocycles. The summed E-state index contributed by atoms with van der Waals surface area (Å²) in [5.41, 5.74) is 4.42. The molecule has 7 nitrogen and oxygen atoms in total. The van der Waals surface area contributed by atoms with Crippen LogP contribution in [-0.4, -0.2) is 44.9 Å². The number of hydrogen-bond acceptors (Lipinski definition) is 5. The lowest BCUT2D eigenvalue weighted by Gasteiger charge is -2.36. The maximum absolute atomic E-state index is 14.2. The quantitative estimate of drug-likeness (QED) is 0.176. The van der Waals surface area contributed by atoms with Crippen LogP contribution < -0.4 is 14.8 Å². The smallest absolute Gasteiger partial charge is 0.244 e. The fraction of sp³-hybridized carbons (Fsp3) is 0.324. The molecule has 45 heavy (non-hydrogen) atoms. The normalized spacial score (nSPS) is 15.0.